The van der Waals surface area contributed by atoms with Crippen LogP contribution in [0, 0.1) is 6.92 Å². The van der Waals surface area contributed by atoms with E-state index in [1.54, 1.807) is 12.4 Å². The number of aliphatic hydroxyl groups excluding tert-OH is 1. The fraction of sp³-hybridized carbons (Fsp3) is 0.500. The molecule has 0 aliphatic heterocycles. The van der Waals surface area contributed by atoms with Crippen molar-refractivity contribution in [1.29, 1.82) is 0 Å². The van der Waals surface area contributed by atoms with Crippen LogP contribution < -0.4 is 0 Å². The van der Waals surface area contributed by atoms with Crippen molar-refractivity contribution in [2.24, 2.45) is 20.6 Å². The average Bonchev–Trinajstić information content (AvgIpc) is 2.85. The van der Waals surface area contributed by atoms with Crippen LogP contribution in [0.3, 0.4) is 0 Å². The van der Waals surface area contributed by atoms with Crippen LogP contribution in [0.2, 0.25) is 25.7 Å². The van der Waals surface area contributed by atoms with Gasteiger partial charge in [-0.25, -0.2) is 0 Å². The van der Waals surface area contributed by atoms with Crippen molar-refractivity contribution < 1.29 is 42.7 Å². The van der Waals surface area contributed by atoms with Gasteiger partial charge in [0.05, 0.1) is 0 Å². The molecular formula is C24H44CoN5O5Si-. The van der Waals surface area contributed by atoms with Crippen LogP contribution in [0.25, 0.3) is 0 Å². The number of aromatic nitrogens is 1. The Bertz CT molecular complexity index is 690. The number of rotatable bonds is 8. The van der Waals surface area contributed by atoms with Gasteiger partial charge in [-0.1, -0.05) is 71.0 Å². The second kappa shape index (κ2) is 27.0. The van der Waals surface area contributed by atoms with E-state index in [1.807, 2.05) is 18.2 Å². The first-order chi connectivity index (χ1) is 16.4. The molecule has 1 aromatic rings. The number of aliphatic hydroxyl groups is 1. The summed E-state index contributed by atoms with van der Waals surface area (Å²) in [6, 6.07) is 6.98. The Balaban J connectivity index is -0.000000195. The van der Waals surface area contributed by atoms with Crippen LogP contribution in [-0.4, -0.2) is 67.9 Å². The van der Waals surface area contributed by atoms with E-state index in [2.05, 4.69) is 64.3 Å². The monoisotopic (exact) mass is 569 g/mol. The molecule has 1 atom stereocenters. The van der Waals surface area contributed by atoms with Gasteiger partial charge in [-0.15, -0.1) is 0 Å². The molecule has 0 aliphatic rings. The first-order valence-electron chi connectivity index (χ1n) is 11.1. The van der Waals surface area contributed by atoms with Crippen LogP contribution >= 0.6 is 0 Å². The van der Waals surface area contributed by atoms with Gasteiger partial charge in [0.1, 0.15) is 22.8 Å². The molecule has 0 aromatic carbocycles. The van der Waals surface area contributed by atoms with Crippen LogP contribution in [0.5, 0.6) is 0 Å². The van der Waals surface area contributed by atoms with E-state index in [-0.39, 0.29) is 22.9 Å². The molecule has 36 heavy (non-hydrogen) atoms. The van der Waals surface area contributed by atoms with Crippen molar-refractivity contribution >= 4 is 30.9 Å². The Hall–Kier alpha value is -2.55. The van der Waals surface area contributed by atoms with Crippen molar-refractivity contribution in [3.63, 3.8) is 0 Å². The van der Waals surface area contributed by atoms with Crippen molar-refractivity contribution in [2.45, 2.75) is 78.7 Å². The Morgan fingerprint density at radius 1 is 0.806 bits per heavy atom. The van der Waals surface area contributed by atoms with Gasteiger partial charge in [-0.3, -0.25) is 4.98 Å². The minimum absolute atomic E-state index is 0. The van der Waals surface area contributed by atoms with Crippen LogP contribution in [0.15, 0.2) is 63.4 Å². The molecular weight excluding hydrogens is 525 g/mol. The summed E-state index contributed by atoms with van der Waals surface area (Å²) in [5.41, 5.74) is 1.25. The second-order valence-corrected chi connectivity index (χ2v) is 14.1. The summed E-state index contributed by atoms with van der Waals surface area (Å²) in [5.74, 6) is 0. The fourth-order valence-electron chi connectivity index (χ4n) is 1.63. The van der Waals surface area contributed by atoms with Gasteiger partial charge < -0.3 is 32.9 Å². The van der Waals surface area contributed by atoms with E-state index < -0.39 is 8.07 Å². The number of hydrogen-bond donors (Lipinski definition) is 5. The van der Waals surface area contributed by atoms with E-state index in [0.29, 0.717) is 22.8 Å². The predicted molar refractivity (Wildman–Crippen MR) is 146 cm³/mol. The van der Waals surface area contributed by atoms with Crippen LogP contribution in [0.4, 0.5) is 0 Å². The molecule has 0 fully saturated rings. The van der Waals surface area contributed by atoms with Crippen molar-refractivity contribution in [1.82, 2.24) is 4.98 Å². The van der Waals surface area contributed by atoms with Gasteiger partial charge in [0, 0.05) is 37.2 Å². The molecule has 0 unspecified atom stereocenters. The Morgan fingerprint density at radius 3 is 1.42 bits per heavy atom. The predicted octanol–water partition coefficient (Wildman–Crippen LogP) is 5.70. The molecule has 1 radical (unpaired) electrons. The summed E-state index contributed by atoms with van der Waals surface area (Å²) in [7, 11) is -0.888. The molecule has 0 saturated carbocycles. The van der Waals surface area contributed by atoms with Gasteiger partial charge in [-0.05, 0) is 58.7 Å². The molecule has 0 spiro atoms. The molecule has 10 nitrogen and oxygen atoms in total. The Kier molecular flexibility index (Phi) is 30.5. The van der Waals surface area contributed by atoms with E-state index in [9.17, 15) is 0 Å². The number of pyridine rings is 1. The van der Waals surface area contributed by atoms with Crippen molar-refractivity contribution in [2.75, 3.05) is 0 Å². The molecule has 1 heterocycles. The molecule has 5 N–H and O–H groups in total. The van der Waals surface area contributed by atoms with Gasteiger partial charge in [0.15, 0.2) is 0 Å². The maximum Gasteiger partial charge on any atom is 0.101 e. The van der Waals surface area contributed by atoms with Gasteiger partial charge in [0.25, 0.3) is 0 Å². The van der Waals surface area contributed by atoms with E-state index in [1.165, 1.54) is 33.7 Å². The molecule has 1 rings (SSSR count). The van der Waals surface area contributed by atoms with Gasteiger partial charge in [0.2, 0.25) is 0 Å². The second-order valence-electron chi connectivity index (χ2n) is 8.59. The fourth-order valence-corrected chi connectivity index (χ4v) is 2.50. The third kappa shape index (κ3) is 33.6. The van der Waals surface area contributed by atoms with Crippen molar-refractivity contribution in [3.8, 4) is 0 Å². The Labute approximate surface area is 227 Å². The summed E-state index contributed by atoms with van der Waals surface area (Å²) in [5, 5.41) is 52.2. The quantitative estimate of drug-likeness (QED) is 0.0513. The minimum atomic E-state index is -0.888. The zero-order valence-electron chi connectivity index (χ0n) is 22.5. The standard InChI is InChI=1S/C11H23OSi.C5H5N.2C4H8N2O2.Co/c1-11(12)9-7-5-6-8-10-13(2,3)4;1-2-4-6-5-3-1;2*1-3(5-7)4(2)6-8;/h6,8,11-12H,1,5,7,9-10H2,2-4H3;1-5H;2*7-8H,1-2H3;/q-1;;;;/b8-6-;;2*5-3+,6-4+;/t11-;;;;/m1..../s1. The number of nitrogens with zero attached hydrogens (tertiary/aromatic N) is 5. The number of allylic oxidation sites excluding steroid dienone is 2. The largest absolute Gasteiger partial charge is 0.425 e. The topological polar surface area (TPSA) is 163 Å². The normalized spacial score (nSPS) is 13.1. The molecule has 1 aromatic heterocycles. The third-order valence-electron chi connectivity index (χ3n) is 4.02. The summed E-state index contributed by atoms with van der Waals surface area (Å²) >= 11 is 0. The summed E-state index contributed by atoms with van der Waals surface area (Å²) in [4.78, 5) is 3.78. The maximum absolute atomic E-state index is 8.91. The molecule has 0 aliphatic carbocycles. The Morgan fingerprint density at radius 2 is 1.19 bits per heavy atom. The van der Waals surface area contributed by atoms with Gasteiger partial charge >= 0.3 is 0 Å². The molecule has 12 heteroatoms. The minimum Gasteiger partial charge on any atom is -0.425 e. The number of oxime groups is 4. The molecule has 0 saturated heterocycles. The van der Waals surface area contributed by atoms with E-state index in [0.717, 1.165) is 19.3 Å². The van der Waals surface area contributed by atoms with E-state index in [4.69, 9.17) is 25.9 Å². The average molecular weight is 570 g/mol. The third-order valence-corrected chi connectivity index (χ3v) is 5.48. The maximum atomic E-state index is 8.91. The zero-order chi connectivity index (χ0) is 27.7. The first-order valence-corrected chi connectivity index (χ1v) is 14.8. The van der Waals surface area contributed by atoms with Crippen molar-refractivity contribution in [3.05, 3.63) is 49.7 Å². The molecule has 0 bridgehead atoms. The zero-order valence-corrected chi connectivity index (χ0v) is 24.5. The summed E-state index contributed by atoms with van der Waals surface area (Å²) in [6.45, 7) is 16.8. The van der Waals surface area contributed by atoms with Gasteiger partial charge in [-0.2, -0.15) is 0 Å². The molecule has 0 amide bonds. The van der Waals surface area contributed by atoms with E-state index >= 15 is 0 Å². The van der Waals surface area contributed by atoms with Crippen LogP contribution in [0.1, 0.15) is 47.0 Å². The smallest absolute Gasteiger partial charge is 0.101 e. The number of hydrogen-bond acceptors (Lipinski definition) is 10. The first kappa shape index (κ1) is 40.6. The molecule has 209 valence electrons. The summed E-state index contributed by atoms with van der Waals surface area (Å²) < 4.78 is 0. The summed E-state index contributed by atoms with van der Waals surface area (Å²) in [6.07, 6.45) is 10.6. The van der Waals surface area contributed by atoms with Crippen LogP contribution in [-0.2, 0) is 16.8 Å². The number of unbranched alkanes of at least 4 members (excludes halogenated alkanes) is 1. The SMILES string of the molecule is CC(=N\O)/C(C)=N/O.CC(=N\O)/C(C)=N/O.[CH2-][C@@H](O)CCC/C=C\C[Si](C)(C)C.[Co].c1ccncc1.